The summed E-state index contributed by atoms with van der Waals surface area (Å²) in [5.74, 6) is 0.678. The van der Waals surface area contributed by atoms with Gasteiger partial charge in [0.15, 0.2) is 0 Å². The first-order valence-corrected chi connectivity index (χ1v) is 6.39. The lowest BCUT2D eigenvalue weighted by molar-refractivity contribution is -0.120. The summed E-state index contributed by atoms with van der Waals surface area (Å²) in [5, 5.41) is 1.36. The standard InChI is InChI=1S/C13H14Cl2O/c14-11-7-6-9(12(15)8-11)4-5-10-2-1-3-13(10)16/h6-8,10H,1-5H2. The van der Waals surface area contributed by atoms with Gasteiger partial charge in [-0.3, -0.25) is 4.79 Å². The highest BCUT2D eigenvalue weighted by Crippen LogP contribution is 2.28. The fourth-order valence-corrected chi connectivity index (χ4v) is 2.75. The van der Waals surface area contributed by atoms with E-state index in [9.17, 15) is 4.79 Å². The molecule has 1 aromatic carbocycles. The van der Waals surface area contributed by atoms with Gasteiger partial charge in [-0.15, -0.1) is 0 Å². The Morgan fingerprint density at radius 1 is 1.31 bits per heavy atom. The van der Waals surface area contributed by atoms with Crippen molar-refractivity contribution in [2.45, 2.75) is 32.1 Å². The Morgan fingerprint density at radius 2 is 2.12 bits per heavy atom. The molecule has 1 aliphatic carbocycles. The normalized spacial score (nSPS) is 20.4. The molecule has 3 heteroatoms. The SMILES string of the molecule is O=C1CCCC1CCc1ccc(Cl)cc1Cl. The molecule has 1 unspecified atom stereocenters. The van der Waals surface area contributed by atoms with Gasteiger partial charge >= 0.3 is 0 Å². The van der Waals surface area contributed by atoms with E-state index < -0.39 is 0 Å². The Labute approximate surface area is 106 Å². The molecule has 2 rings (SSSR count). The molecule has 0 amide bonds. The van der Waals surface area contributed by atoms with E-state index in [4.69, 9.17) is 23.2 Å². The van der Waals surface area contributed by atoms with Crippen molar-refractivity contribution in [2.75, 3.05) is 0 Å². The van der Waals surface area contributed by atoms with Gasteiger partial charge in [0.2, 0.25) is 0 Å². The Kier molecular flexibility index (Phi) is 3.88. The van der Waals surface area contributed by atoms with Crippen LogP contribution in [0.1, 0.15) is 31.2 Å². The van der Waals surface area contributed by atoms with E-state index in [1.54, 1.807) is 6.07 Å². The van der Waals surface area contributed by atoms with E-state index in [-0.39, 0.29) is 5.92 Å². The number of halogens is 2. The predicted octanol–water partition coefficient (Wildman–Crippen LogP) is 4.30. The zero-order valence-corrected chi connectivity index (χ0v) is 10.5. The van der Waals surface area contributed by atoms with Crippen LogP contribution in [0, 0.1) is 5.92 Å². The van der Waals surface area contributed by atoms with Crippen LogP contribution in [-0.4, -0.2) is 5.78 Å². The molecular weight excluding hydrogens is 243 g/mol. The Morgan fingerprint density at radius 3 is 2.75 bits per heavy atom. The molecular formula is C13H14Cl2O. The minimum atomic E-state index is 0.256. The zero-order valence-electron chi connectivity index (χ0n) is 9.01. The summed E-state index contributed by atoms with van der Waals surface area (Å²) < 4.78 is 0. The van der Waals surface area contributed by atoms with Gasteiger partial charge < -0.3 is 0 Å². The molecule has 0 N–H and O–H groups in total. The molecule has 0 heterocycles. The van der Waals surface area contributed by atoms with Crippen molar-refractivity contribution >= 4 is 29.0 Å². The average Bonchev–Trinajstić information content (AvgIpc) is 2.63. The number of hydrogen-bond acceptors (Lipinski definition) is 1. The lowest BCUT2D eigenvalue weighted by Crippen LogP contribution is -2.07. The largest absolute Gasteiger partial charge is 0.299 e. The highest BCUT2D eigenvalue weighted by Gasteiger charge is 2.23. The molecule has 1 saturated carbocycles. The molecule has 1 aliphatic rings. The summed E-state index contributed by atoms with van der Waals surface area (Å²) in [6.07, 6.45) is 4.65. The Balaban J connectivity index is 1.96. The van der Waals surface area contributed by atoms with Crippen molar-refractivity contribution in [2.24, 2.45) is 5.92 Å². The lowest BCUT2D eigenvalue weighted by atomic mass is 9.97. The Hall–Kier alpha value is -0.530. The van der Waals surface area contributed by atoms with Gasteiger partial charge in [-0.25, -0.2) is 0 Å². The quantitative estimate of drug-likeness (QED) is 0.789. The van der Waals surface area contributed by atoms with Crippen molar-refractivity contribution in [3.05, 3.63) is 33.8 Å². The number of benzene rings is 1. The van der Waals surface area contributed by atoms with Crippen molar-refractivity contribution in [3.63, 3.8) is 0 Å². The van der Waals surface area contributed by atoms with Crippen LogP contribution < -0.4 is 0 Å². The van der Waals surface area contributed by atoms with E-state index in [2.05, 4.69) is 0 Å². The number of Topliss-reactive ketones (excluding diaryl/α,β-unsaturated/α-hetero) is 1. The van der Waals surface area contributed by atoms with E-state index in [0.717, 1.165) is 37.7 Å². The highest BCUT2D eigenvalue weighted by molar-refractivity contribution is 6.35. The summed E-state index contributed by atoms with van der Waals surface area (Å²) in [6.45, 7) is 0. The number of hydrogen-bond donors (Lipinski definition) is 0. The second-order valence-electron chi connectivity index (χ2n) is 4.33. The van der Waals surface area contributed by atoms with E-state index >= 15 is 0 Å². The van der Waals surface area contributed by atoms with Crippen LogP contribution >= 0.6 is 23.2 Å². The maximum Gasteiger partial charge on any atom is 0.135 e. The van der Waals surface area contributed by atoms with E-state index in [1.807, 2.05) is 12.1 Å². The lowest BCUT2D eigenvalue weighted by Gasteiger charge is -2.09. The highest BCUT2D eigenvalue weighted by atomic mass is 35.5. The first-order valence-electron chi connectivity index (χ1n) is 5.63. The third-order valence-corrected chi connectivity index (χ3v) is 3.80. The van der Waals surface area contributed by atoms with E-state index in [1.165, 1.54) is 0 Å². The van der Waals surface area contributed by atoms with Gasteiger partial charge in [0, 0.05) is 22.4 Å². The minimum absolute atomic E-state index is 0.256. The van der Waals surface area contributed by atoms with Crippen molar-refractivity contribution in [1.29, 1.82) is 0 Å². The van der Waals surface area contributed by atoms with Gasteiger partial charge in [-0.2, -0.15) is 0 Å². The molecule has 0 radical (unpaired) electrons. The molecule has 1 atom stereocenters. The molecule has 0 spiro atoms. The van der Waals surface area contributed by atoms with Crippen LogP contribution in [-0.2, 0) is 11.2 Å². The van der Waals surface area contributed by atoms with Gasteiger partial charge in [0.25, 0.3) is 0 Å². The maximum absolute atomic E-state index is 11.5. The summed E-state index contributed by atoms with van der Waals surface area (Å²) >= 11 is 11.9. The summed E-state index contributed by atoms with van der Waals surface area (Å²) in [4.78, 5) is 11.5. The number of ketones is 1. The number of carbonyl (C=O) groups is 1. The molecule has 16 heavy (non-hydrogen) atoms. The van der Waals surface area contributed by atoms with Crippen molar-refractivity contribution < 1.29 is 4.79 Å². The van der Waals surface area contributed by atoms with Crippen LogP contribution in [0.4, 0.5) is 0 Å². The van der Waals surface area contributed by atoms with Crippen LogP contribution in [0.5, 0.6) is 0 Å². The van der Waals surface area contributed by atoms with Gasteiger partial charge in [0.05, 0.1) is 0 Å². The molecule has 86 valence electrons. The summed E-state index contributed by atoms with van der Waals surface area (Å²) in [6, 6.07) is 5.55. The number of carbonyl (C=O) groups excluding carboxylic acids is 1. The maximum atomic E-state index is 11.5. The second-order valence-corrected chi connectivity index (χ2v) is 5.17. The van der Waals surface area contributed by atoms with Gasteiger partial charge in [-0.1, -0.05) is 29.3 Å². The number of aryl methyl sites for hydroxylation is 1. The molecule has 0 aliphatic heterocycles. The molecule has 0 bridgehead atoms. The first kappa shape index (κ1) is 11.9. The van der Waals surface area contributed by atoms with Crippen LogP contribution in [0.15, 0.2) is 18.2 Å². The monoisotopic (exact) mass is 256 g/mol. The number of rotatable bonds is 3. The zero-order chi connectivity index (χ0) is 11.5. The van der Waals surface area contributed by atoms with Gasteiger partial charge in [-0.05, 0) is 43.4 Å². The smallest absolute Gasteiger partial charge is 0.135 e. The molecule has 1 aromatic rings. The topological polar surface area (TPSA) is 17.1 Å². The van der Waals surface area contributed by atoms with Crippen molar-refractivity contribution in [1.82, 2.24) is 0 Å². The van der Waals surface area contributed by atoms with Crippen LogP contribution in [0.25, 0.3) is 0 Å². The van der Waals surface area contributed by atoms with Crippen LogP contribution in [0.2, 0.25) is 10.0 Å². The third-order valence-electron chi connectivity index (χ3n) is 3.21. The van der Waals surface area contributed by atoms with Gasteiger partial charge in [0.1, 0.15) is 5.78 Å². The third kappa shape index (κ3) is 2.78. The average molecular weight is 257 g/mol. The molecule has 1 fully saturated rings. The molecule has 0 aromatic heterocycles. The second kappa shape index (κ2) is 5.20. The summed E-state index contributed by atoms with van der Waals surface area (Å²) in [5.41, 5.74) is 1.09. The minimum Gasteiger partial charge on any atom is -0.299 e. The molecule has 1 nitrogen and oxygen atoms in total. The predicted molar refractivity (Wildman–Crippen MR) is 67.1 cm³/mol. The fraction of sp³-hybridized carbons (Fsp3) is 0.462. The Bertz CT molecular complexity index is 401. The van der Waals surface area contributed by atoms with Crippen LogP contribution in [0.3, 0.4) is 0 Å². The molecule has 0 saturated heterocycles. The van der Waals surface area contributed by atoms with Crippen molar-refractivity contribution in [3.8, 4) is 0 Å². The first-order chi connectivity index (χ1) is 7.66. The summed E-state index contributed by atoms with van der Waals surface area (Å²) in [7, 11) is 0. The van der Waals surface area contributed by atoms with E-state index in [0.29, 0.717) is 15.8 Å². The fourth-order valence-electron chi connectivity index (χ4n) is 2.25.